The van der Waals surface area contributed by atoms with Gasteiger partial charge in [0, 0.05) is 24.4 Å². The Hall–Kier alpha value is -1.22. The number of hydrogen-bond acceptors (Lipinski definition) is 2. The summed E-state index contributed by atoms with van der Waals surface area (Å²) in [7, 11) is 0. The number of carbonyl (C=O) groups excluding carboxylic acids is 1. The second kappa shape index (κ2) is 5.92. The molecule has 1 amide bonds. The summed E-state index contributed by atoms with van der Waals surface area (Å²) >= 11 is 4.13. The van der Waals surface area contributed by atoms with Crippen molar-refractivity contribution in [2.24, 2.45) is 0 Å². The molecule has 0 aliphatic carbocycles. The minimum atomic E-state index is 0.221. The normalized spacial score (nSPS) is 16.1. The highest BCUT2D eigenvalue weighted by Gasteiger charge is 2.20. The first-order valence-corrected chi connectivity index (χ1v) is 6.60. The fraction of sp³-hybridized carbons (Fsp3) is 0.357. The zero-order chi connectivity index (χ0) is 12.1. The average molecular weight is 247 g/mol. The molecule has 1 aromatic rings. The van der Waals surface area contributed by atoms with Gasteiger partial charge in [0.05, 0.1) is 0 Å². The van der Waals surface area contributed by atoms with Crippen molar-refractivity contribution in [2.45, 2.75) is 19.3 Å². The first-order valence-electron chi connectivity index (χ1n) is 5.97. The van der Waals surface area contributed by atoms with Crippen LogP contribution >= 0.6 is 12.6 Å². The van der Waals surface area contributed by atoms with Crippen molar-refractivity contribution in [3.63, 3.8) is 0 Å². The molecule has 0 fully saturated rings. The van der Waals surface area contributed by atoms with Crippen molar-refractivity contribution in [2.75, 3.05) is 17.2 Å². The van der Waals surface area contributed by atoms with Crippen molar-refractivity contribution in [1.82, 2.24) is 0 Å². The summed E-state index contributed by atoms with van der Waals surface area (Å²) in [4.78, 5) is 13.9. The summed E-state index contributed by atoms with van der Waals surface area (Å²) < 4.78 is 0. The monoisotopic (exact) mass is 247 g/mol. The molecule has 0 unspecified atom stereocenters. The van der Waals surface area contributed by atoms with E-state index in [1.165, 1.54) is 5.56 Å². The van der Waals surface area contributed by atoms with E-state index in [9.17, 15) is 4.79 Å². The van der Waals surface area contributed by atoms with E-state index in [0.29, 0.717) is 18.7 Å². The maximum atomic E-state index is 12.0. The zero-order valence-corrected chi connectivity index (χ0v) is 10.7. The SMILES string of the molecule is O=C1CCCc2ccccc2N1CC=CCS. The third kappa shape index (κ3) is 2.91. The molecular weight excluding hydrogens is 230 g/mol. The van der Waals surface area contributed by atoms with E-state index < -0.39 is 0 Å². The molecule has 0 spiro atoms. The van der Waals surface area contributed by atoms with Crippen LogP contribution < -0.4 is 4.90 Å². The van der Waals surface area contributed by atoms with Crippen molar-refractivity contribution < 1.29 is 4.79 Å². The Balaban J connectivity index is 2.27. The van der Waals surface area contributed by atoms with E-state index in [0.717, 1.165) is 18.5 Å². The van der Waals surface area contributed by atoms with Crippen LogP contribution in [0.15, 0.2) is 36.4 Å². The quantitative estimate of drug-likeness (QED) is 0.643. The van der Waals surface area contributed by atoms with Gasteiger partial charge in [0.25, 0.3) is 0 Å². The topological polar surface area (TPSA) is 20.3 Å². The van der Waals surface area contributed by atoms with Gasteiger partial charge in [0.2, 0.25) is 5.91 Å². The van der Waals surface area contributed by atoms with Gasteiger partial charge in [-0.25, -0.2) is 0 Å². The number of thiol groups is 1. The molecule has 2 nitrogen and oxygen atoms in total. The van der Waals surface area contributed by atoms with Gasteiger partial charge in [-0.2, -0.15) is 12.6 Å². The predicted molar refractivity (Wildman–Crippen MR) is 74.7 cm³/mol. The number of nitrogens with zero attached hydrogens (tertiary/aromatic N) is 1. The molecule has 0 N–H and O–H groups in total. The van der Waals surface area contributed by atoms with Crippen LogP contribution in [0.1, 0.15) is 18.4 Å². The van der Waals surface area contributed by atoms with E-state index in [1.54, 1.807) is 0 Å². The number of fused-ring (bicyclic) bond motifs is 1. The molecule has 0 radical (unpaired) electrons. The van der Waals surface area contributed by atoms with Gasteiger partial charge in [-0.15, -0.1) is 0 Å². The minimum absolute atomic E-state index is 0.221. The Morgan fingerprint density at radius 2 is 2.06 bits per heavy atom. The van der Waals surface area contributed by atoms with E-state index in [2.05, 4.69) is 18.7 Å². The van der Waals surface area contributed by atoms with Crippen LogP contribution in [-0.4, -0.2) is 18.2 Å². The van der Waals surface area contributed by atoms with Gasteiger partial charge in [-0.05, 0) is 24.5 Å². The largest absolute Gasteiger partial charge is 0.308 e. The van der Waals surface area contributed by atoms with Crippen LogP contribution in [-0.2, 0) is 11.2 Å². The van der Waals surface area contributed by atoms with E-state index >= 15 is 0 Å². The molecular formula is C14H17NOS. The number of benzene rings is 1. The van der Waals surface area contributed by atoms with Gasteiger partial charge >= 0.3 is 0 Å². The van der Waals surface area contributed by atoms with Crippen molar-refractivity contribution >= 4 is 24.2 Å². The van der Waals surface area contributed by atoms with Gasteiger partial charge < -0.3 is 4.90 Å². The molecule has 0 saturated heterocycles. The van der Waals surface area contributed by atoms with Crippen LogP contribution in [0.2, 0.25) is 0 Å². The third-order valence-corrected chi connectivity index (χ3v) is 3.19. The fourth-order valence-corrected chi connectivity index (χ4v) is 2.29. The Morgan fingerprint density at radius 1 is 1.24 bits per heavy atom. The zero-order valence-electron chi connectivity index (χ0n) is 9.80. The van der Waals surface area contributed by atoms with Gasteiger partial charge in [-0.3, -0.25) is 4.79 Å². The number of amides is 1. The molecule has 1 aliphatic heterocycles. The Morgan fingerprint density at radius 3 is 2.88 bits per heavy atom. The molecule has 17 heavy (non-hydrogen) atoms. The van der Waals surface area contributed by atoms with Crippen molar-refractivity contribution in [3.05, 3.63) is 42.0 Å². The number of aryl methyl sites for hydroxylation is 1. The predicted octanol–water partition coefficient (Wildman–Crippen LogP) is 2.84. The fourth-order valence-electron chi connectivity index (χ4n) is 2.14. The molecule has 1 aromatic carbocycles. The molecule has 0 saturated carbocycles. The number of anilines is 1. The van der Waals surface area contributed by atoms with Crippen LogP contribution in [0.5, 0.6) is 0 Å². The maximum Gasteiger partial charge on any atom is 0.227 e. The van der Waals surface area contributed by atoms with E-state index in [-0.39, 0.29) is 5.91 Å². The Bertz CT molecular complexity index is 428. The summed E-state index contributed by atoms with van der Waals surface area (Å²) in [5.74, 6) is 0.933. The highest BCUT2D eigenvalue weighted by Crippen LogP contribution is 2.26. The number of rotatable bonds is 3. The molecule has 0 bridgehead atoms. The first-order chi connectivity index (χ1) is 8.33. The summed E-state index contributed by atoms with van der Waals surface area (Å²) in [5.41, 5.74) is 2.34. The summed E-state index contributed by atoms with van der Waals surface area (Å²) in [6.45, 7) is 0.649. The van der Waals surface area contributed by atoms with E-state index in [4.69, 9.17) is 0 Å². The van der Waals surface area contributed by atoms with Gasteiger partial charge in [-0.1, -0.05) is 30.4 Å². The minimum Gasteiger partial charge on any atom is -0.308 e. The van der Waals surface area contributed by atoms with E-state index in [1.807, 2.05) is 35.3 Å². The Labute approximate surface area is 108 Å². The van der Waals surface area contributed by atoms with Crippen LogP contribution in [0.3, 0.4) is 0 Å². The lowest BCUT2D eigenvalue weighted by atomic mass is 10.1. The second-order valence-corrected chi connectivity index (χ2v) is 4.51. The van der Waals surface area contributed by atoms with Gasteiger partial charge in [0.15, 0.2) is 0 Å². The number of hydrogen-bond donors (Lipinski definition) is 1. The lowest BCUT2D eigenvalue weighted by molar-refractivity contribution is -0.118. The highest BCUT2D eigenvalue weighted by molar-refractivity contribution is 7.80. The standard InChI is InChI=1S/C14H17NOS/c16-14-9-5-7-12-6-1-2-8-13(12)15(14)10-3-4-11-17/h1-4,6,8,17H,5,7,9-11H2. The van der Waals surface area contributed by atoms with Crippen LogP contribution in [0.4, 0.5) is 5.69 Å². The highest BCUT2D eigenvalue weighted by atomic mass is 32.1. The summed E-state index contributed by atoms with van der Waals surface area (Å²) in [6, 6.07) is 8.18. The lowest BCUT2D eigenvalue weighted by Crippen LogP contribution is -2.30. The third-order valence-electron chi connectivity index (χ3n) is 2.98. The average Bonchev–Trinajstić information content (AvgIpc) is 2.50. The molecule has 90 valence electrons. The maximum absolute atomic E-state index is 12.0. The molecule has 0 atom stereocenters. The number of carbonyl (C=O) groups is 1. The second-order valence-electron chi connectivity index (χ2n) is 4.14. The van der Waals surface area contributed by atoms with Crippen molar-refractivity contribution in [1.29, 1.82) is 0 Å². The molecule has 3 heteroatoms. The Kier molecular flexibility index (Phi) is 4.26. The van der Waals surface area contributed by atoms with Crippen LogP contribution in [0, 0.1) is 0 Å². The first kappa shape index (κ1) is 12.2. The summed E-state index contributed by atoms with van der Waals surface area (Å²) in [5, 5.41) is 0. The number of para-hydroxylation sites is 1. The van der Waals surface area contributed by atoms with Crippen LogP contribution in [0.25, 0.3) is 0 Å². The summed E-state index contributed by atoms with van der Waals surface area (Å²) in [6.07, 6.45) is 6.57. The molecule has 1 aliphatic rings. The molecule has 2 rings (SSSR count). The smallest absolute Gasteiger partial charge is 0.227 e. The molecule has 0 aromatic heterocycles. The molecule has 1 heterocycles. The lowest BCUT2D eigenvalue weighted by Gasteiger charge is -2.21. The van der Waals surface area contributed by atoms with Gasteiger partial charge in [0.1, 0.15) is 0 Å². The van der Waals surface area contributed by atoms with Crippen molar-refractivity contribution in [3.8, 4) is 0 Å².